The van der Waals surface area contributed by atoms with Crippen molar-refractivity contribution in [2.75, 3.05) is 0 Å². The Balaban J connectivity index is 1.47. The van der Waals surface area contributed by atoms with Gasteiger partial charge in [-0.25, -0.2) is 0 Å². The fraction of sp³-hybridized carbons (Fsp3) is 0.318. The Bertz CT molecular complexity index is 957. The molecule has 144 valence electrons. The average molecular weight is 395 g/mol. The van der Waals surface area contributed by atoms with Crippen LogP contribution in [0.3, 0.4) is 0 Å². The van der Waals surface area contributed by atoms with Crippen molar-refractivity contribution in [1.82, 2.24) is 20.1 Å². The molecular formula is C22H23ClN4O. The van der Waals surface area contributed by atoms with Crippen molar-refractivity contribution >= 4 is 17.5 Å². The van der Waals surface area contributed by atoms with Crippen LogP contribution in [0, 0.1) is 0 Å². The number of halogens is 1. The molecule has 5 nitrogen and oxygen atoms in total. The van der Waals surface area contributed by atoms with Gasteiger partial charge < -0.3 is 5.32 Å². The summed E-state index contributed by atoms with van der Waals surface area (Å²) in [5, 5.41) is 7.99. The minimum absolute atomic E-state index is 0.0861. The lowest BCUT2D eigenvalue weighted by atomic mass is 9.78. The van der Waals surface area contributed by atoms with Gasteiger partial charge in [0.25, 0.3) is 0 Å². The fourth-order valence-electron chi connectivity index (χ4n) is 4.05. The molecule has 0 atom stereocenters. The van der Waals surface area contributed by atoms with Gasteiger partial charge in [0.05, 0.1) is 16.8 Å². The van der Waals surface area contributed by atoms with Crippen LogP contribution < -0.4 is 5.32 Å². The van der Waals surface area contributed by atoms with Gasteiger partial charge in [0, 0.05) is 31.0 Å². The smallest absolute Gasteiger partial charge is 0.230 e. The molecule has 1 aliphatic rings. The van der Waals surface area contributed by atoms with E-state index >= 15 is 0 Å². The average Bonchev–Trinajstić information content (AvgIpc) is 3.37. The Morgan fingerprint density at radius 2 is 1.89 bits per heavy atom. The molecule has 0 bridgehead atoms. The Morgan fingerprint density at radius 1 is 1.14 bits per heavy atom. The van der Waals surface area contributed by atoms with Crippen molar-refractivity contribution in [2.45, 2.75) is 37.6 Å². The third kappa shape index (κ3) is 3.54. The van der Waals surface area contributed by atoms with E-state index in [1.165, 1.54) is 0 Å². The summed E-state index contributed by atoms with van der Waals surface area (Å²) >= 11 is 6.03. The van der Waals surface area contributed by atoms with E-state index in [0.717, 1.165) is 48.2 Å². The second-order valence-electron chi connectivity index (χ2n) is 7.37. The van der Waals surface area contributed by atoms with E-state index in [0.29, 0.717) is 11.6 Å². The second-order valence-corrected chi connectivity index (χ2v) is 7.81. The summed E-state index contributed by atoms with van der Waals surface area (Å²) in [5.74, 6) is 0.0861. The molecule has 1 aromatic carbocycles. The molecule has 28 heavy (non-hydrogen) atoms. The number of carbonyl (C=O) groups excluding carboxylic acids is 1. The summed E-state index contributed by atoms with van der Waals surface area (Å²) in [4.78, 5) is 17.7. The molecule has 0 spiro atoms. The van der Waals surface area contributed by atoms with Gasteiger partial charge in [-0.1, -0.05) is 42.6 Å². The zero-order chi connectivity index (χ0) is 19.6. The molecule has 2 heterocycles. The monoisotopic (exact) mass is 394 g/mol. The summed E-state index contributed by atoms with van der Waals surface area (Å²) in [5.41, 5.74) is 3.40. The van der Waals surface area contributed by atoms with Crippen molar-refractivity contribution in [3.63, 3.8) is 0 Å². The van der Waals surface area contributed by atoms with E-state index in [9.17, 15) is 4.79 Å². The largest absolute Gasteiger partial charge is 0.351 e. The highest BCUT2D eigenvalue weighted by atomic mass is 35.5. The molecule has 0 aliphatic heterocycles. The quantitative estimate of drug-likeness (QED) is 0.703. The first-order valence-electron chi connectivity index (χ1n) is 9.56. The zero-order valence-electron chi connectivity index (χ0n) is 15.9. The molecule has 1 amide bonds. The van der Waals surface area contributed by atoms with Crippen molar-refractivity contribution < 1.29 is 4.79 Å². The molecule has 0 saturated heterocycles. The second kappa shape index (κ2) is 7.76. The first-order valence-corrected chi connectivity index (χ1v) is 9.94. The minimum Gasteiger partial charge on any atom is -0.351 e. The molecule has 1 saturated carbocycles. The standard InChI is InChI=1S/C22H23ClN4O/c1-27-20(10-13-26-27)19-9-4-16(14-24-19)15-25-21(28)22(11-2-3-12-22)17-5-7-18(23)8-6-17/h4-10,13-14H,2-3,11-12,15H2,1H3,(H,25,28). The highest BCUT2D eigenvalue weighted by Gasteiger charge is 2.42. The molecule has 6 heteroatoms. The van der Waals surface area contributed by atoms with Gasteiger partial charge in [0.15, 0.2) is 0 Å². The molecule has 2 aromatic heterocycles. The Hall–Kier alpha value is -2.66. The summed E-state index contributed by atoms with van der Waals surface area (Å²) in [6, 6.07) is 13.6. The van der Waals surface area contributed by atoms with E-state index in [1.54, 1.807) is 10.9 Å². The number of hydrogen-bond acceptors (Lipinski definition) is 3. The van der Waals surface area contributed by atoms with Crippen LogP contribution in [-0.4, -0.2) is 20.7 Å². The fourth-order valence-corrected chi connectivity index (χ4v) is 4.18. The molecule has 3 aromatic rings. The Morgan fingerprint density at radius 3 is 2.50 bits per heavy atom. The van der Waals surface area contributed by atoms with Gasteiger partial charge in [-0.05, 0) is 48.2 Å². The summed E-state index contributed by atoms with van der Waals surface area (Å²) in [6.07, 6.45) is 7.44. The SMILES string of the molecule is Cn1nccc1-c1ccc(CNC(=O)C2(c3ccc(Cl)cc3)CCCC2)cn1. The van der Waals surface area contributed by atoms with Crippen molar-refractivity contribution in [1.29, 1.82) is 0 Å². The van der Waals surface area contributed by atoms with Gasteiger partial charge in [0.2, 0.25) is 5.91 Å². The normalized spacial score (nSPS) is 15.5. The highest BCUT2D eigenvalue weighted by molar-refractivity contribution is 6.30. The van der Waals surface area contributed by atoms with Crippen LogP contribution in [0.5, 0.6) is 0 Å². The van der Waals surface area contributed by atoms with E-state index < -0.39 is 5.41 Å². The maximum absolute atomic E-state index is 13.1. The van der Waals surface area contributed by atoms with Crippen LogP contribution >= 0.6 is 11.6 Å². The van der Waals surface area contributed by atoms with Crippen LogP contribution in [-0.2, 0) is 23.8 Å². The van der Waals surface area contributed by atoms with Gasteiger partial charge in [-0.15, -0.1) is 0 Å². The number of benzene rings is 1. The molecule has 0 unspecified atom stereocenters. The number of carbonyl (C=O) groups is 1. The van der Waals surface area contributed by atoms with Gasteiger partial charge in [0.1, 0.15) is 0 Å². The number of nitrogens with one attached hydrogen (secondary N) is 1. The molecule has 1 aliphatic carbocycles. The number of aryl methyl sites for hydroxylation is 1. The molecule has 0 radical (unpaired) electrons. The summed E-state index contributed by atoms with van der Waals surface area (Å²) in [6.45, 7) is 0.465. The van der Waals surface area contributed by atoms with E-state index in [2.05, 4.69) is 15.4 Å². The van der Waals surface area contributed by atoms with E-state index in [1.807, 2.05) is 55.7 Å². The van der Waals surface area contributed by atoms with Gasteiger partial charge in [-0.2, -0.15) is 5.10 Å². The molecule has 1 N–H and O–H groups in total. The lowest BCUT2D eigenvalue weighted by molar-refractivity contribution is -0.126. The highest BCUT2D eigenvalue weighted by Crippen LogP contribution is 2.41. The lowest BCUT2D eigenvalue weighted by Gasteiger charge is -2.28. The predicted molar refractivity (Wildman–Crippen MR) is 110 cm³/mol. The molecular weight excluding hydrogens is 372 g/mol. The first-order chi connectivity index (χ1) is 13.6. The van der Waals surface area contributed by atoms with E-state index in [4.69, 9.17) is 11.6 Å². The lowest BCUT2D eigenvalue weighted by Crippen LogP contribution is -2.42. The number of aromatic nitrogens is 3. The Labute approximate surface area is 169 Å². The third-order valence-electron chi connectivity index (χ3n) is 5.65. The minimum atomic E-state index is -0.452. The number of hydrogen-bond donors (Lipinski definition) is 1. The first kappa shape index (κ1) is 18.7. The molecule has 4 rings (SSSR count). The van der Waals surface area contributed by atoms with Crippen LogP contribution in [0.15, 0.2) is 54.9 Å². The zero-order valence-corrected chi connectivity index (χ0v) is 16.6. The maximum atomic E-state index is 13.1. The van der Waals surface area contributed by atoms with Crippen molar-refractivity contribution in [3.8, 4) is 11.4 Å². The van der Waals surface area contributed by atoms with Crippen molar-refractivity contribution in [2.24, 2.45) is 7.05 Å². The number of pyridine rings is 1. The maximum Gasteiger partial charge on any atom is 0.230 e. The molecule has 1 fully saturated rings. The number of amides is 1. The van der Waals surface area contributed by atoms with Crippen LogP contribution in [0.4, 0.5) is 0 Å². The van der Waals surface area contributed by atoms with Crippen LogP contribution in [0.2, 0.25) is 5.02 Å². The van der Waals surface area contributed by atoms with Crippen molar-refractivity contribution in [3.05, 3.63) is 71.0 Å². The predicted octanol–water partition coefficient (Wildman–Crippen LogP) is 4.26. The third-order valence-corrected chi connectivity index (χ3v) is 5.90. The summed E-state index contributed by atoms with van der Waals surface area (Å²) in [7, 11) is 1.89. The van der Waals surface area contributed by atoms with Gasteiger partial charge >= 0.3 is 0 Å². The number of nitrogens with zero attached hydrogens (tertiary/aromatic N) is 3. The van der Waals surface area contributed by atoms with Crippen LogP contribution in [0.25, 0.3) is 11.4 Å². The number of rotatable bonds is 5. The van der Waals surface area contributed by atoms with Crippen LogP contribution in [0.1, 0.15) is 36.8 Å². The topological polar surface area (TPSA) is 59.8 Å². The van der Waals surface area contributed by atoms with E-state index in [-0.39, 0.29) is 5.91 Å². The Kier molecular flexibility index (Phi) is 5.18. The summed E-state index contributed by atoms with van der Waals surface area (Å²) < 4.78 is 1.79. The van der Waals surface area contributed by atoms with Gasteiger partial charge in [-0.3, -0.25) is 14.5 Å².